The van der Waals surface area contributed by atoms with E-state index in [-0.39, 0.29) is 12.0 Å². The Morgan fingerprint density at radius 3 is 2.40 bits per heavy atom. The van der Waals surface area contributed by atoms with Crippen LogP contribution in [0.2, 0.25) is 0 Å². The standard InChI is InChI=1S/C10H14O5/c1-5-7(11)4-6(9(12)14-2)8(5)10(13)15-3/h6-7,11H,4H2,1-3H3/t6-,7+/m0/s1. The summed E-state index contributed by atoms with van der Waals surface area (Å²) in [6.07, 6.45) is -0.591. The summed E-state index contributed by atoms with van der Waals surface area (Å²) >= 11 is 0. The molecule has 0 aliphatic heterocycles. The fourth-order valence-electron chi connectivity index (χ4n) is 1.74. The number of esters is 2. The molecular weight excluding hydrogens is 200 g/mol. The molecule has 5 nitrogen and oxygen atoms in total. The highest BCUT2D eigenvalue weighted by molar-refractivity contribution is 5.97. The number of aliphatic hydroxyl groups excluding tert-OH is 1. The molecule has 84 valence electrons. The second kappa shape index (κ2) is 4.44. The van der Waals surface area contributed by atoms with Crippen LogP contribution in [0.5, 0.6) is 0 Å². The maximum Gasteiger partial charge on any atom is 0.334 e. The molecule has 1 aliphatic carbocycles. The van der Waals surface area contributed by atoms with Crippen LogP contribution < -0.4 is 0 Å². The lowest BCUT2D eigenvalue weighted by Gasteiger charge is -2.10. The van der Waals surface area contributed by atoms with Crippen molar-refractivity contribution in [1.82, 2.24) is 0 Å². The summed E-state index contributed by atoms with van der Waals surface area (Å²) in [5.41, 5.74) is 0.703. The quantitative estimate of drug-likeness (QED) is 0.656. The van der Waals surface area contributed by atoms with Gasteiger partial charge in [0.15, 0.2) is 0 Å². The zero-order valence-corrected chi connectivity index (χ0v) is 8.94. The van der Waals surface area contributed by atoms with E-state index in [2.05, 4.69) is 9.47 Å². The largest absolute Gasteiger partial charge is 0.469 e. The summed E-state index contributed by atoms with van der Waals surface area (Å²) in [6, 6.07) is 0. The van der Waals surface area contributed by atoms with Gasteiger partial charge in [-0.1, -0.05) is 0 Å². The lowest BCUT2D eigenvalue weighted by Crippen LogP contribution is -2.21. The van der Waals surface area contributed by atoms with Gasteiger partial charge in [-0.15, -0.1) is 0 Å². The van der Waals surface area contributed by atoms with Crippen LogP contribution >= 0.6 is 0 Å². The van der Waals surface area contributed by atoms with Gasteiger partial charge < -0.3 is 14.6 Å². The molecule has 5 heteroatoms. The molecule has 0 amide bonds. The number of ether oxygens (including phenoxy) is 2. The molecule has 1 rings (SSSR count). The van der Waals surface area contributed by atoms with E-state index >= 15 is 0 Å². The Hall–Kier alpha value is -1.36. The van der Waals surface area contributed by atoms with Gasteiger partial charge in [0.05, 0.1) is 31.8 Å². The molecule has 2 atom stereocenters. The molecule has 1 N–H and O–H groups in total. The molecule has 0 saturated heterocycles. The summed E-state index contributed by atoms with van der Waals surface area (Å²) in [7, 11) is 2.49. The third-order valence-electron chi connectivity index (χ3n) is 2.62. The minimum absolute atomic E-state index is 0.183. The molecule has 0 unspecified atom stereocenters. The van der Waals surface area contributed by atoms with Crippen molar-refractivity contribution in [1.29, 1.82) is 0 Å². The highest BCUT2D eigenvalue weighted by Gasteiger charge is 2.39. The van der Waals surface area contributed by atoms with Gasteiger partial charge >= 0.3 is 11.9 Å². The SMILES string of the molecule is COC(=O)C1=C(C)[C@H](O)C[C@@H]1C(=O)OC. The Balaban J connectivity index is 3.03. The number of rotatable bonds is 2. The van der Waals surface area contributed by atoms with E-state index < -0.39 is 24.0 Å². The van der Waals surface area contributed by atoms with Crippen LogP contribution in [-0.2, 0) is 19.1 Å². The van der Waals surface area contributed by atoms with E-state index in [4.69, 9.17) is 0 Å². The predicted molar refractivity (Wildman–Crippen MR) is 50.8 cm³/mol. The Labute approximate surface area is 87.7 Å². The molecule has 1 aliphatic rings. The van der Waals surface area contributed by atoms with Crippen molar-refractivity contribution in [2.75, 3.05) is 14.2 Å². The highest BCUT2D eigenvalue weighted by atomic mass is 16.5. The van der Waals surface area contributed by atoms with Crippen molar-refractivity contribution in [3.05, 3.63) is 11.1 Å². The molecule has 15 heavy (non-hydrogen) atoms. The molecule has 0 aromatic carbocycles. The minimum Gasteiger partial charge on any atom is -0.469 e. The number of carbonyl (C=O) groups is 2. The Bertz CT molecular complexity index is 318. The van der Waals surface area contributed by atoms with Gasteiger partial charge in [0, 0.05) is 0 Å². The van der Waals surface area contributed by atoms with Crippen LogP contribution in [0.15, 0.2) is 11.1 Å². The van der Waals surface area contributed by atoms with Crippen molar-refractivity contribution in [2.24, 2.45) is 5.92 Å². The first-order valence-corrected chi connectivity index (χ1v) is 4.57. The maximum absolute atomic E-state index is 11.4. The van der Waals surface area contributed by atoms with E-state index in [1.54, 1.807) is 6.92 Å². The smallest absolute Gasteiger partial charge is 0.334 e. The zero-order valence-electron chi connectivity index (χ0n) is 8.94. The average molecular weight is 214 g/mol. The number of carbonyl (C=O) groups excluding carboxylic acids is 2. The Morgan fingerprint density at radius 1 is 1.33 bits per heavy atom. The lowest BCUT2D eigenvalue weighted by molar-refractivity contribution is -0.147. The molecule has 0 heterocycles. The van der Waals surface area contributed by atoms with Crippen LogP contribution in [0.25, 0.3) is 0 Å². The van der Waals surface area contributed by atoms with Gasteiger partial charge in [-0.3, -0.25) is 4.79 Å². The van der Waals surface area contributed by atoms with Crippen LogP contribution in [0, 0.1) is 5.92 Å². The summed E-state index contributed by atoms with van der Waals surface area (Å²) in [6.45, 7) is 1.61. The molecule has 0 bridgehead atoms. The number of methoxy groups -OCH3 is 2. The molecule has 0 saturated carbocycles. The summed E-state index contributed by atoms with van der Waals surface area (Å²) in [5.74, 6) is -1.82. The number of hydrogen-bond donors (Lipinski definition) is 1. The van der Waals surface area contributed by atoms with Gasteiger partial charge in [-0.05, 0) is 18.9 Å². The van der Waals surface area contributed by atoms with Crippen LogP contribution in [-0.4, -0.2) is 37.4 Å². The molecule has 0 spiro atoms. The molecule has 0 radical (unpaired) electrons. The van der Waals surface area contributed by atoms with Gasteiger partial charge in [0.25, 0.3) is 0 Å². The summed E-state index contributed by atoms with van der Waals surface area (Å²) in [4.78, 5) is 22.8. The fourth-order valence-corrected chi connectivity index (χ4v) is 1.74. The van der Waals surface area contributed by atoms with Crippen LogP contribution in [0.1, 0.15) is 13.3 Å². The van der Waals surface area contributed by atoms with Crippen molar-refractivity contribution in [3.63, 3.8) is 0 Å². The summed E-state index contributed by atoms with van der Waals surface area (Å²) < 4.78 is 9.13. The van der Waals surface area contributed by atoms with Crippen LogP contribution in [0.3, 0.4) is 0 Å². The minimum atomic E-state index is -0.775. The molecule has 0 fully saturated rings. The fraction of sp³-hybridized carbons (Fsp3) is 0.600. The second-order valence-corrected chi connectivity index (χ2v) is 3.42. The van der Waals surface area contributed by atoms with E-state index in [1.165, 1.54) is 14.2 Å². The summed E-state index contributed by atoms with van der Waals surface area (Å²) in [5, 5.41) is 9.55. The van der Waals surface area contributed by atoms with E-state index in [0.29, 0.717) is 5.57 Å². The van der Waals surface area contributed by atoms with Gasteiger partial charge in [-0.25, -0.2) is 4.79 Å². The van der Waals surface area contributed by atoms with Crippen molar-refractivity contribution in [3.8, 4) is 0 Å². The second-order valence-electron chi connectivity index (χ2n) is 3.42. The first kappa shape index (κ1) is 11.7. The monoisotopic (exact) mass is 214 g/mol. The molecule has 0 aromatic rings. The third kappa shape index (κ3) is 2.02. The predicted octanol–water partition coefficient (Wildman–Crippen LogP) is 0.0297. The van der Waals surface area contributed by atoms with Crippen molar-refractivity contribution in [2.45, 2.75) is 19.4 Å². The van der Waals surface area contributed by atoms with E-state index in [9.17, 15) is 14.7 Å². The highest BCUT2D eigenvalue weighted by Crippen LogP contribution is 2.33. The first-order valence-electron chi connectivity index (χ1n) is 4.57. The maximum atomic E-state index is 11.4. The van der Waals surface area contributed by atoms with E-state index in [0.717, 1.165) is 0 Å². The molecular formula is C10H14O5. The molecule has 0 aromatic heterocycles. The zero-order chi connectivity index (χ0) is 11.6. The topological polar surface area (TPSA) is 72.8 Å². The normalized spacial score (nSPS) is 25.3. The van der Waals surface area contributed by atoms with Gasteiger partial charge in [0.2, 0.25) is 0 Å². The number of aliphatic hydroxyl groups is 1. The van der Waals surface area contributed by atoms with Gasteiger partial charge in [-0.2, -0.15) is 0 Å². The first-order chi connectivity index (χ1) is 7.02. The average Bonchev–Trinajstić information content (AvgIpc) is 2.53. The van der Waals surface area contributed by atoms with Crippen molar-refractivity contribution < 1.29 is 24.2 Å². The third-order valence-corrected chi connectivity index (χ3v) is 2.62. The Kier molecular flexibility index (Phi) is 3.47. The van der Waals surface area contributed by atoms with Crippen LogP contribution in [0.4, 0.5) is 0 Å². The van der Waals surface area contributed by atoms with Crippen molar-refractivity contribution >= 4 is 11.9 Å². The lowest BCUT2D eigenvalue weighted by atomic mass is 10.0. The van der Waals surface area contributed by atoms with Gasteiger partial charge in [0.1, 0.15) is 0 Å². The Morgan fingerprint density at radius 2 is 1.93 bits per heavy atom. The number of hydrogen-bond acceptors (Lipinski definition) is 5. The van der Waals surface area contributed by atoms with E-state index in [1.807, 2.05) is 0 Å².